The lowest BCUT2D eigenvalue weighted by molar-refractivity contribution is -0.137. The van der Waals surface area contributed by atoms with E-state index in [0.717, 1.165) is 17.0 Å². The van der Waals surface area contributed by atoms with Crippen LogP contribution in [0, 0.1) is 0 Å². The van der Waals surface area contributed by atoms with Gasteiger partial charge in [0.15, 0.2) is 0 Å². The molecule has 1 heterocycles. The molecule has 0 fully saturated rings. The van der Waals surface area contributed by atoms with E-state index in [-0.39, 0.29) is 24.8 Å². The number of carboxylic acid groups (broad SMARTS) is 1. The summed E-state index contributed by atoms with van der Waals surface area (Å²) in [4.78, 5) is 22.3. The number of methoxy groups -OCH3 is 1. The Morgan fingerprint density at radius 3 is 2.62 bits per heavy atom. The maximum atomic E-state index is 11.8. The first kappa shape index (κ1) is 17.5. The fraction of sp³-hybridized carbons (Fsp3) is 0.353. The summed E-state index contributed by atoms with van der Waals surface area (Å²) in [7, 11) is 1.61. The van der Waals surface area contributed by atoms with Gasteiger partial charge >= 0.3 is 5.97 Å². The number of nitrogens with one attached hydrogen (secondary N) is 1. The summed E-state index contributed by atoms with van der Waals surface area (Å²) in [6.45, 7) is 1.87. The second kappa shape index (κ2) is 8.14. The maximum Gasteiger partial charge on any atom is 0.303 e. The first-order valence-corrected chi connectivity index (χ1v) is 7.69. The van der Waals surface area contributed by atoms with Crippen LogP contribution in [0.25, 0.3) is 5.69 Å². The Bertz CT molecular complexity index is 694. The van der Waals surface area contributed by atoms with E-state index in [1.54, 1.807) is 18.0 Å². The average Bonchev–Trinajstić information content (AvgIpc) is 3.04. The molecule has 1 atom stereocenters. The van der Waals surface area contributed by atoms with E-state index >= 15 is 0 Å². The molecule has 7 heteroatoms. The van der Waals surface area contributed by atoms with Crippen LogP contribution in [-0.2, 0) is 9.59 Å². The zero-order valence-electron chi connectivity index (χ0n) is 13.7. The number of aliphatic carboxylic acids is 1. The predicted molar refractivity (Wildman–Crippen MR) is 88.2 cm³/mol. The second-order valence-corrected chi connectivity index (χ2v) is 5.45. The summed E-state index contributed by atoms with van der Waals surface area (Å²) >= 11 is 0. The first-order chi connectivity index (χ1) is 11.5. The number of aromatic nitrogens is 2. The Morgan fingerprint density at radius 1 is 1.29 bits per heavy atom. The third-order valence-corrected chi connectivity index (χ3v) is 3.61. The molecule has 0 saturated carbocycles. The van der Waals surface area contributed by atoms with Crippen LogP contribution in [0.5, 0.6) is 5.75 Å². The van der Waals surface area contributed by atoms with Crippen molar-refractivity contribution in [2.75, 3.05) is 7.11 Å². The minimum absolute atomic E-state index is 0.00277. The van der Waals surface area contributed by atoms with Crippen LogP contribution in [0.2, 0.25) is 0 Å². The van der Waals surface area contributed by atoms with E-state index in [9.17, 15) is 9.59 Å². The smallest absolute Gasteiger partial charge is 0.303 e. The quantitative estimate of drug-likeness (QED) is 0.774. The summed E-state index contributed by atoms with van der Waals surface area (Å²) in [5.41, 5.74) is 1.76. The highest BCUT2D eigenvalue weighted by Crippen LogP contribution is 2.17. The lowest BCUT2D eigenvalue weighted by Gasteiger charge is -2.11. The van der Waals surface area contributed by atoms with Crippen molar-refractivity contribution in [3.63, 3.8) is 0 Å². The van der Waals surface area contributed by atoms with Crippen molar-refractivity contribution in [2.24, 2.45) is 0 Å². The third-order valence-electron chi connectivity index (χ3n) is 3.61. The van der Waals surface area contributed by atoms with Gasteiger partial charge in [-0.1, -0.05) is 0 Å². The van der Waals surface area contributed by atoms with E-state index in [2.05, 4.69) is 10.4 Å². The molecule has 0 aliphatic carbocycles. The molecule has 2 N–H and O–H groups in total. The van der Waals surface area contributed by atoms with Gasteiger partial charge in [0.2, 0.25) is 5.91 Å². The monoisotopic (exact) mass is 331 g/mol. The zero-order valence-corrected chi connectivity index (χ0v) is 13.7. The molecule has 0 spiro atoms. The van der Waals surface area contributed by atoms with Gasteiger partial charge < -0.3 is 15.2 Å². The molecule has 1 aromatic carbocycles. The van der Waals surface area contributed by atoms with Gasteiger partial charge in [-0.2, -0.15) is 5.10 Å². The number of carboxylic acids is 1. The number of ether oxygens (including phenoxy) is 1. The topological polar surface area (TPSA) is 93.5 Å². The lowest BCUT2D eigenvalue weighted by Crippen LogP contribution is -2.26. The van der Waals surface area contributed by atoms with E-state index in [1.807, 2.05) is 37.4 Å². The molecule has 0 bridgehead atoms. The Kier molecular flexibility index (Phi) is 5.95. The number of rotatable bonds is 8. The number of nitrogens with zero attached hydrogens (tertiary/aromatic N) is 2. The minimum Gasteiger partial charge on any atom is -0.497 e. The van der Waals surface area contributed by atoms with Crippen molar-refractivity contribution in [2.45, 2.75) is 32.2 Å². The largest absolute Gasteiger partial charge is 0.497 e. The van der Waals surface area contributed by atoms with E-state index in [0.29, 0.717) is 6.42 Å². The maximum absolute atomic E-state index is 11.8. The Balaban J connectivity index is 1.93. The Hall–Kier alpha value is -2.83. The Labute approximate surface area is 140 Å². The summed E-state index contributed by atoms with van der Waals surface area (Å²) < 4.78 is 6.85. The molecular formula is C17H21N3O4. The molecule has 0 radical (unpaired) electrons. The molecule has 24 heavy (non-hydrogen) atoms. The van der Waals surface area contributed by atoms with Crippen molar-refractivity contribution < 1.29 is 19.4 Å². The van der Waals surface area contributed by atoms with Crippen LogP contribution in [0.1, 0.15) is 37.8 Å². The van der Waals surface area contributed by atoms with Crippen molar-refractivity contribution in [3.05, 3.63) is 42.2 Å². The van der Waals surface area contributed by atoms with E-state index in [4.69, 9.17) is 9.84 Å². The molecule has 2 rings (SSSR count). The van der Waals surface area contributed by atoms with Crippen molar-refractivity contribution in [3.8, 4) is 11.4 Å². The zero-order chi connectivity index (χ0) is 17.5. The highest BCUT2D eigenvalue weighted by molar-refractivity contribution is 5.77. The third kappa shape index (κ3) is 4.84. The van der Waals surface area contributed by atoms with E-state index in [1.165, 1.54) is 0 Å². The van der Waals surface area contributed by atoms with Gasteiger partial charge in [-0.05, 0) is 37.6 Å². The molecule has 0 aliphatic rings. The van der Waals surface area contributed by atoms with Gasteiger partial charge in [0.25, 0.3) is 0 Å². The second-order valence-electron chi connectivity index (χ2n) is 5.45. The van der Waals surface area contributed by atoms with Crippen LogP contribution < -0.4 is 10.1 Å². The van der Waals surface area contributed by atoms with Crippen molar-refractivity contribution >= 4 is 11.9 Å². The normalized spacial score (nSPS) is 11.8. The fourth-order valence-electron chi connectivity index (χ4n) is 2.23. The number of benzene rings is 1. The van der Waals surface area contributed by atoms with E-state index < -0.39 is 5.97 Å². The Morgan fingerprint density at radius 2 is 2.00 bits per heavy atom. The number of carbonyl (C=O) groups is 2. The van der Waals surface area contributed by atoms with Crippen LogP contribution in [0.3, 0.4) is 0 Å². The van der Waals surface area contributed by atoms with Gasteiger partial charge in [0.1, 0.15) is 5.75 Å². The molecule has 2 aromatic rings. The summed E-state index contributed by atoms with van der Waals surface area (Å²) in [5.74, 6) is -0.286. The van der Waals surface area contributed by atoms with Crippen LogP contribution in [0.4, 0.5) is 0 Å². The number of carbonyl (C=O) groups excluding carboxylic acids is 1. The SMILES string of the molecule is COc1ccc(-n2cc([C@H](C)NC(=O)CCCC(=O)O)cn2)cc1. The van der Waals surface area contributed by atoms with Gasteiger partial charge in [-0.25, -0.2) is 4.68 Å². The molecule has 128 valence electrons. The van der Waals surface area contributed by atoms with Gasteiger partial charge in [0.05, 0.1) is 25.0 Å². The summed E-state index contributed by atoms with van der Waals surface area (Å²) in [6.07, 6.45) is 4.08. The van der Waals surface area contributed by atoms with Gasteiger partial charge in [-0.3, -0.25) is 9.59 Å². The minimum atomic E-state index is -0.892. The van der Waals surface area contributed by atoms with Crippen LogP contribution >= 0.6 is 0 Å². The highest BCUT2D eigenvalue weighted by atomic mass is 16.5. The lowest BCUT2D eigenvalue weighted by atomic mass is 10.1. The predicted octanol–water partition coefficient (Wildman–Crippen LogP) is 2.31. The molecular weight excluding hydrogens is 310 g/mol. The fourth-order valence-corrected chi connectivity index (χ4v) is 2.23. The van der Waals surface area contributed by atoms with Crippen LogP contribution in [0.15, 0.2) is 36.7 Å². The van der Waals surface area contributed by atoms with Crippen molar-refractivity contribution in [1.29, 1.82) is 0 Å². The molecule has 1 aromatic heterocycles. The average molecular weight is 331 g/mol. The first-order valence-electron chi connectivity index (χ1n) is 7.69. The molecule has 1 amide bonds. The van der Waals surface area contributed by atoms with Gasteiger partial charge in [-0.15, -0.1) is 0 Å². The number of amides is 1. The standard InChI is InChI=1S/C17H21N3O4/c1-12(19-16(21)4-3-5-17(22)23)13-10-18-20(11-13)14-6-8-15(24-2)9-7-14/h6-12H,3-5H2,1-2H3,(H,19,21)(H,22,23)/t12-/m0/s1. The number of hydrogen-bond donors (Lipinski definition) is 2. The van der Waals surface area contributed by atoms with Crippen molar-refractivity contribution in [1.82, 2.24) is 15.1 Å². The van der Waals surface area contributed by atoms with Gasteiger partial charge in [0, 0.05) is 24.6 Å². The highest BCUT2D eigenvalue weighted by Gasteiger charge is 2.12. The van der Waals surface area contributed by atoms with Crippen LogP contribution in [-0.4, -0.2) is 33.9 Å². The summed E-state index contributed by atoms with van der Waals surface area (Å²) in [6, 6.07) is 7.29. The summed E-state index contributed by atoms with van der Waals surface area (Å²) in [5, 5.41) is 15.7. The molecule has 0 aliphatic heterocycles. The molecule has 0 saturated heterocycles. The molecule has 0 unspecified atom stereocenters. The molecule has 7 nitrogen and oxygen atoms in total. The number of hydrogen-bond acceptors (Lipinski definition) is 4.